The molecule has 0 spiro atoms. The van der Waals surface area contributed by atoms with Gasteiger partial charge in [-0.05, 0) is 37.1 Å². The molecule has 5 heteroatoms. The Bertz CT molecular complexity index is 737. The second-order valence-electron chi connectivity index (χ2n) is 7.66. The van der Waals surface area contributed by atoms with Gasteiger partial charge in [-0.3, -0.25) is 0 Å². The van der Waals surface area contributed by atoms with Gasteiger partial charge in [-0.15, -0.1) is 0 Å². The second-order valence-corrected chi connectivity index (χ2v) is 7.66. The molecule has 0 radical (unpaired) electrons. The van der Waals surface area contributed by atoms with E-state index in [9.17, 15) is 4.79 Å². The zero-order valence-corrected chi connectivity index (χ0v) is 16.3. The van der Waals surface area contributed by atoms with Gasteiger partial charge in [0.15, 0.2) is 0 Å². The average Bonchev–Trinajstić information content (AvgIpc) is 2.76. The Hall–Kier alpha value is -2.69. The molecule has 2 saturated heterocycles. The maximum atomic E-state index is 12.6. The van der Waals surface area contributed by atoms with Gasteiger partial charge in [0, 0.05) is 50.7 Å². The number of anilines is 1. The molecule has 0 aromatic heterocycles. The summed E-state index contributed by atoms with van der Waals surface area (Å²) < 4.78 is 6.02. The van der Waals surface area contributed by atoms with Crippen molar-refractivity contribution in [2.75, 3.05) is 31.1 Å². The van der Waals surface area contributed by atoms with Crippen LogP contribution >= 0.6 is 0 Å². The number of rotatable bonds is 4. The Kier molecular flexibility index (Phi) is 6.00. The summed E-state index contributed by atoms with van der Waals surface area (Å²) in [5, 5.41) is 3.24. The van der Waals surface area contributed by atoms with E-state index in [1.54, 1.807) is 0 Å². The normalized spacial score (nSPS) is 18.7. The minimum absolute atomic E-state index is 0.0799. The van der Waals surface area contributed by atoms with Crippen LogP contribution in [0.5, 0.6) is 5.75 Å². The topological polar surface area (TPSA) is 44.8 Å². The fourth-order valence-corrected chi connectivity index (χ4v) is 4.05. The predicted molar refractivity (Wildman–Crippen MR) is 112 cm³/mol. The standard InChI is InChI=1S/C23H29N3O2/c27-23(24-19-11-15-25(16-12-19)20-7-3-1-4-8-20)26-17-13-22(14-18-26)28-21-9-5-2-6-10-21/h1-10,19,22H,11-18H2,(H,24,27). The summed E-state index contributed by atoms with van der Waals surface area (Å²) in [4.78, 5) is 17.0. The molecule has 2 amide bonds. The van der Waals surface area contributed by atoms with E-state index >= 15 is 0 Å². The number of para-hydroxylation sites is 2. The smallest absolute Gasteiger partial charge is 0.317 e. The summed E-state index contributed by atoms with van der Waals surface area (Å²) in [5.74, 6) is 0.913. The zero-order chi connectivity index (χ0) is 19.2. The van der Waals surface area contributed by atoms with E-state index in [4.69, 9.17) is 4.74 Å². The van der Waals surface area contributed by atoms with Gasteiger partial charge in [-0.2, -0.15) is 0 Å². The van der Waals surface area contributed by atoms with Gasteiger partial charge in [-0.1, -0.05) is 36.4 Å². The van der Waals surface area contributed by atoms with Crippen LogP contribution in [0.1, 0.15) is 25.7 Å². The van der Waals surface area contributed by atoms with Crippen LogP contribution in [0.25, 0.3) is 0 Å². The summed E-state index contributed by atoms with van der Waals surface area (Å²) in [6, 6.07) is 20.8. The van der Waals surface area contributed by atoms with Crippen molar-refractivity contribution in [3.8, 4) is 5.75 Å². The van der Waals surface area contributed by atoms with E-state index in [1.165, 1.54) is 5.69 Å². The highest BCUT2D eigenvalue weighted by Gasteiger charge is 2.27. The molecule has 0 aliphatic carbocycles. The van der Waals surface area contributed by atoms with E-state index in [-0.39, 0.29) is 18.2 Å². The molecule has 2 heterocycles. The summed E-state index contributed by atoms with van der Waals surface area (Å²) in [6.45, 7) is 3.49. The minimum Gasteiger partial charge on any atom is -0.490 e. The van der Waals surface area contributed by atoms with Crippen LogP contribution in [0, 0.1) is 0 Å². The zero-order valence-electron chi connectivity index (χ0n) is 16.3. The van der Waals surface area contributed by atoms with E-state index in [0.717, 1.165) is 57.6 Å². The Morgan fingerprint density at radius 3 is 2.07 bits per heavy atom. The molecule has 148 valence electrons. The molecular formula is C23H29N3O2. The number of hydrogen-bond acceptors (Lipinski definition) is 3. The lowest BCUT2D eigenvalue weighted by molar-refractivity contribution is 0.109. The number of ether oxygens (including phenoxy) is 1. The molecule has 2 aliphatic rings. The minimum atomic E-state index is 0.0799. The van der Waals surface area contributed by atoms with Gasteiger partial charge >= 0.3 is 6.03 Å². The summed E-state index contributed by atoms with van der Waals surface area (Å²) in [5.41, 5.74) is 1.27. The van der Waals surface area contributed by atoms with E-state index in [2.05, 4.69) is 34.5 Å². The first-order valence-corrected chi connectivity index (χ1v) is 10.3. The average molecular weight is 380 g/mol. The van der Waals surface area contributed by atoms with Crippen molar-refractivity contribution >= 4 is 11.7 Å². The van der Waals surface area contributed by atoms with Gasteiger partial charge in [0.1, 0.15) is 11.9 Å². The molecule has 28 heavy (non-hydrogen) atoms. The third-order valence-corrected chi connectivity index (χ3v) is 5.72. The number of nitrogens with one attached hydrogen (secondary N) is 1. The predicted octanol–water partition coefficient (Wildman–Crippen LogP) is 3.91. The first kappa shape index (κ1) is 18.7. The fraction of sp³-hybridized carbons (Fsp3) is 0.435. The molecule has 0 bridgehead atoms. The van der Waals surface area contributed by atoms with Crippen molar-refractivity contribution in [3.05, 3.63) is 60.7 Å². The molecule has 5 nitrogen and oxygen atoms in total. The number of nitrogens with zero attached hydrogens (tertiary/aromatic N) is 2. The molecule has 0 saturated carbocycles. The van der Waals surface area contributed by atoms with Crippen molar-refractivity contribution in [1.82, 2.24) is 10.2 Å². The van der Waals surface area contributed by atoms with Crippen LogP contribution in [-0.2, 0) is 0 Å². The van der Waals surface area contributed by atoms with Crippen LogP contribution in [0.2, 0.25) is 0 Å². The van der Waals surface area contributed by atoms with E-state index < -0.39 is 0 Å². The highest BCUT2D eigenvalue weighted by Crippen LogP contribution is 2.21. The molecular weight excluding hydrogens is 350 g/mol. The summed E-state index contributed by atoms with van der Waals surface area (Å²) in [6.07, 6.45) is 3.95. The molecule has 0 atom stereocenters. The lowest BCUT2D eigenvalue weighted by Gasteiger charge is -2.36. The first-order valence-electron chi connectivity index (χ1n) is 10.3. The Balaban J connectivity index is 1.19. The lowest BCUT2D eigenvalue weighted by Crippen LogP contribution is -2.51. The number of carbonyl (C=O) groups excluding carboxylic acids is 1. The largest absolute Gasteiger partial charge is 0.490 e. The van der Waals surface area contributed by atoms with Gasteiger partial charge in [0.25, 0.3) is 0 Å². The molecule has 2 aromatic carbocycles. The van der Waals surface area contributed by atoms with Gasteiger partial charge in [-0.25, -0.2) is 4.79 Å². The van der Waals surface area contributed by atoms with Gasteiger partial charge in [0.05, 0.1) is 0 Å². The second kappa shape index (κ2) is 9.00. The van der Waals surface area contributed by atoms with Crippen LogP contribution in [0.3, 0.4) is 0 Å². The van der Waals surface area contributed by atoms with Crippen LogP contribution in [0.15, 0.2) is 60.7 Å². The summed E-state index contributed by atoms with van der Waals surface area (Å²) in [7, 11) is 0. The SMILES string of the molecule is O=C(NC1CCN(c2ccccc2)CC1)N1CCC(Oc2ccccc2)CC1. The molecule has 1 N–H and O–H groups in total. The number of hydrogen-bond donors (Lipinski definition) is 1. The first-order chi connectivity index (χ1) is 13.8. The number of urea groups is 1. The highest BCUT2D eigenvalue weighted by atomic mass is 16.5. The summed E-state index contributed by atoms with van der Waals surface area (Å²) >= 11 is 0. The van der Waals surface area contributed by atoms with Gasteiger partial charge < -0.3 is 19.9 Å². The van der Waals surface area contributed by atoms with Crippen molar-refractivity contribution < 1.29 is 9.53 Å². The molecule has 2 fully saturated rings. The molecule has 4 rings (SSSR count). The molecule has 2 aliphatic heterocycles. The number of amides is 2. The number of piperidine rings is 2. The van der Waals surface area contributed by atoms with Crippen LogP contribution < -0.4 is 15.0 Å². The quantitative estimate of drug-likeness (QED) is 0.876. The van der Waals surface area contributed by atoms with Crippen molar-refractivity contribution in [2.24, 2.45) is 0 Å². The third-order valence-electron chi connectivity index (χ3n) is 5.72. The Morgan fingerprint density at radius 1 is 0.821 bits per heavy atom. The molecule has 2 aromatic rings. The maximum absolute atomic E-state index is 12.6. The van der Waals surface area contributed by atoms with Crippen molar-refractivity contribution in [2.45, 2.75) is 37.8 Å². The van der Waals surface area contributed by atoms with Crippen molar-refractivity contribution in [3.63, 3.8) is 0 Å². The number of benzene rings is 2. The van der Waals surface area contributed by atoms with Crippen LogP contribution in [0.4, 0.5) is 10.5 Å². The number of likely N-dealkylation sites (tertiary alicyclic amines) is 1. The van der Waals surface area contributed by atoms with Gasteiger partial charge in [0.2, 0.25) is 0 Å². The Labute approximate surface area is 167 Å². The Morgan fingerprint density at radius 2 is 1.43 bits per heavy atom. The molecule has 0 unspecified atom stereocenters. The number of carbonyl (C=O) groups is 1. The fourth-order valence-electron chi connectivity index (χ4n) is 4.05. The lowest BCUT2D eigenvalue weighted by atomic mass is 10.0. The monoisotopic (exact) mass is 379 g/mol. The highest BCUT2D eigenvalue weighted by molar-refractivity contribution is 5.74. The van der Waals surface area contributed by atoms with E-state index in [0.29, 0.717) is 0 Å². The van der Waals surface area contributed by atoms with Crippen LogP contribution in [-0.4, -0.2) is 49.3 Å². The van der Waals surface area contributed by atoms with Crippen molar-refractivity contribution in [1.29, 1.82) is 0 Å². The maximum Gasteiger partial charge on any atom is 0.317 e. The van der Waals surface area contributed by atoms with E-state index in [1.807, 2.05) is 41.3 Å². The third kappa shape index (κ3) is 4.77.